The molecule has 12 heavy (non-hydrogen) atoms. The van der Waals surface area contributed by atoms with Crippen molar-refractivity contribution < 1.29 is 19.8 Å². The molecule has 1 amide bonds. The molecule has 1 aliphatic heterocycles. The Kier molecular flexibility index (Phi) is 5.77. The molecule has 1 heterocycles. The van der Waals surface area contributed by atoms with Crippen molar-refractivity contribution >= 4 is 12.1 Å². The van der Waals surface area contributed by atoms with Crippen LogP contribution in [0.3, 0.4) is 0 Å². The van der Waals surface area contributed by atoms with Crippen LogP contribution in [0.4, 0.5) is 4.79 Å². The smallest absolute Gasteiger partial charge is 0.450 e. The Bertz CT molecular complexity index is 143. The van der Waals surface area contributed by atoms with E-state index in [9.17, 15) is 4.79 Å². The second-order valence-electron chi connectivity index (χ2n) is 2.44. The number of amides is 1. The lowest BCUT2D eigenvalue weighted by atomic mass is 10.2. The van der Waals surface area contributed by atoms with Crippen molar-refractivity contribution in [2.24, 2.45) is 0 Å². The molecule has 0 aromatic heterocycles. The molecule has 0 aliphatic carbocycles. The van der Waals surface area contributed by atoms with E-state index in [2.05, 4.69) is 5.32 Å². The fourth-order valence-corrected chi connectivity index (χ4v) is 0.904. The van der Waals surface area contributed by atoms with Gasteiger partial charge in [0.25, 0.3) is 0 Å². The summed E-state index contributed by atoms with van der Waals surface area (Å²) in [5.41, 5.74) is 0. The Hall–Kier alpha value is -1.26. The summed E-state index contributed by atoms with van der Waals surface area (Å²) >= 11 is 0. The van der Waals surface area contributed by atoms with E-state index < -0.39 is 6.16 Å². The molecule has 1 rings (SSSR count). The van der Waals surface area contributed by atoms with Crippen molar-refractivity contribution in [3.05, 3.63) is 0 Å². The Balaban J connectivity index is 0.000000261. The third-order valence-electron chi connectivity index (χ3n) is 1.40. The van der Waals surface area contributed by atoms with E-state index in [4.69, 9.17) is 15.0 Å². The van der Waals surface area contributed by atoms with Crippen molar-refractivity contribution in [3.8, 4) is 0 Å². The predicted octanol–water partition coefficient (Wildman–Crippen LogP) is 0.899. The Labute approximate surface area is 70.4 Å². The van der Waals surface area contributed by atoms with Crippen LogP contribution in [0, 0.1) is 0 Å². The number of hydrogen-bond acceptors (Lipinski definition) is 2. The minimum Gasteiger partial charge on any atom is -0.450 e. The van der Waals surface area contributed by atoms with E-state index in [-0.39, 0.29) is 5.91 Å². The second-order valence-corrected chi connectivity index (χ2v) is 2.44. The van der Waals surface area contributed by atoms with E-state index in [0.717, 1.165) is 25.8 Å². The minimum atomic E-state index is -1.83. The van der Waals surface area contributed by atoms with Crippen LogP contribution in [-0.4, -0.2) is 28.8 Å². The van der Waals surface area contributed by atoms with Crippen molar-refractivity contribution in [1.29, 1.82) is 0 Å². The summed E-state index contributed by atoms with van der Waals surface area (Å²) in [6.07, 6.45) is 2.34. The summed E-state index contributed by atoms with van der Waals surface area (Å²) < 4.78 is 0. The third kappa shape index (κ3) is 8.74. The van der Waals surface area contributed by atoms with Gasteiger partial charge in [0.1, 0.15) is 0 Å². The maximum Gasteiger partial charge on any atom is 0.503 e. The summed E-state index contributed by atoms with van der Waals surface area (Å²) in [7, 11) is 0. The zero-order valence-electron chi connectivity index (χ0n) is 6.75. The average molecular weight is 175 g/mol. The summed E-state index contributed by atoms with van der Waals surface area (Å²) in [4.78, 5) is 19.1. The van der Waals surface area contributed by atoms with Gasteiger partial charge in [-0.2, -0.15) is 0 Å². The fraction of sp³-hybridized carbons (Fsp3) is 0.714. The quantitative estimate of drug-likeness (QED) is 0.510. The van der Waals surface area contributed by atoms with Crippen molar-refractivity contribution in [1.82, 2.24) is 5.32 Å². The molecule has 0 aromatic rings. The number of carbonyl (C=O) groups is 2. The molecule has 0 radical (unpaired) electrons. The Morgan fingerprint density at radius 3 is 2.42 bits per heavy atom. The fourth-order valence-electron chi connectivity index (χ4n) is 0.904. The molecule has 0 atom stereocenters. The van der Waals surface area contributed by atoms with Crippen molar-refractivity contribution in [2.45, 2.75) is 25.7 Å². The third-order valence-corrected chi connectivity index (χ3v) is 1.40. The van der Waals surface area contributed by atoms with Crippen LogP contribution in [0.5, 0.6) is 0 Å². The first-order valence-electron chi connectivity index (χ1n) is 3.81. The van der Waals surface area contributed by atoms with Crippen LogP contribution in [-0.2, 0) is 4.79 Å². The van der Waals surface area contributed by atoms with E-state index >= 15 is 0 Å². The van der Waals surface area contributed by atoms with Crippen molar-refractivity contribution in [2.75, 3.05) is 6.54 Å². The highest BCUT2D eigenvalue weighted by Gasteiger charge is 2.03. The van der Waals surface area contributed by atoms with Gasteiger partial charge in [0.2, 0.25) is 5.91 Å². The van der Waals surface area contributed by atoms with Crippen LogP contribution in [0.2, 0.25) is 0 Å². The zero-order valence-corrected chi connectivity index (χ0v) is 6.75. The lowest BCUT2D eigenvalue weighted by Gasteiger charge is -1.93. The van der Waals surface area contributed by atoms with Gasteiger partial charge in [-0.25, -0.2) is 4.79 Å². The number of hydrogen-bond donors (Lipinski definition) is 3. The van der Waals surface area contributed by atoms with Crippen molar-refractivity contribution in [3.63, 3.8) is 0 Å². The largest absolute Gasteiger partial charge is 0.503 e. The molecule has 1 aliphatic rings. The van der Waals surface area contributed by atoms with Gasteiger partial charge in [-0.05, 0) is 12.8 Å². The van der Waals surface area contributed by atoms with Gasteiger partial charge in [0.05, 0.1) is 0 Å². The van der Waals surface area contributed by atoms with Crippen LogP contribution in [0.15, 0.2) is 0 Å². The van der Waals surface area contributed by atoms with E-state index in [0.29, 0.717) is 0 Å². The van der Waals surface area contributed by atoms with E-state index in [1.54, 1.807) is 0 Å². The first-order chi connectivity index (χ1) is 5.63. The van der Waals surface area contributed by atoms with Gasteiger partial charge >= 0.3 is 6.16 Å². The summed E-state index contributed by atoms with van der Waals surface area (Å²) in [6, 6.07) is 0. The summed E-state index contributed by atoms with van der Waals surface area (Å²) in [5.74, 6) is 0.225. The molecule has 5 heteroatoms. The maximum atomic E-state index is 10.6. The Morgan fingerprint density at radius 2 is 1.83 bits per heavy atom. The first-order valence-corrected chi connectivity index (χ1v) is 3.81. The molecule has 0 unspecified atom stereocenters. The standard InChI is InChI=1S/C6H11NO.CH2O3/c8-6-4-2-1-3-5-7-6;2-1(3)4/h1-5H2,(H,7,8);(H2,2,3,4). The normalized spacial score (nSPS) is 16.5. The lowest BCUT2D eigenvalue weighted by molar-refractivity contribution is -0.120. The van der Waals surface area contributed by atoms with Gasteiger partial charge < -0.3 is 15.5 Å². The van der Waals surface area contributed by atoms with Gasteiger partial charge in [-0.15, -0.1) is 0 Å². The highest BCUT2D eigenvalue weighted by atomic mass is 16.6. The van der Waals surface area contributed by atoms with E-state index in [1.165, 1.54) is 6.42 Å². The lowest BCUT2D eigenvalue weighted by Crippen LogP contribution is -2.21. The van der Waals surface area contributed by atoms with Gasteiger partial charge in [0, 0.05) is 13.0 Å². The van der Waals surface area contributed by atoms with Gasteiger partial charge in [-0.1, -0.05) is 6.42 Å². The Morgan fingerprint density at radius 1 is 1.25 bits per heavy atom. The molecule has 0 aromatic carbocycles. The molecule has 3 N–H and O–H groups in total. The number of nitrogens with one attached hydrogen (secondary N) is 1. The first kappa shape index (κ1) is 10.7. The maximum absolute atomic E-state index is 10.6. The minimum absolute atomic E-state index is 0.225. The molecule has 1 fully saturated rings. The molecule has 0 bridgehead atoms. The SMILES string of the molecule is O=C(O)O.O=C1CCCCCN1. The van der Waals surface area contributed by atoms with Gasteiger partial charge in [-0.3, -0.25) is 4.79 Å². The molecule has 0 spiro atoms. The number of carboxylic acid groups (broad SMARTS) is 2. The highest BCUT2D eigenvalue weighted by molar-refractivity contribution is 5.75. The summed E-state index contributed by atoms with van der Waals surface area (Å²) in [5, 5.41) is 16.8. The van der Waals surface area contributed by atoms with Gasteiger partial charge in [0.15, 0.2) is 0 Å². The molecular weight excluding hydrogens is 162 g/mol. The van der Waals surface area contributed by atoms with Crippen LogP contribution >= 0.6 is 0 Å². The number of rotatable bonds is 0. The zero-order chi connectivity index (χ0) is 9.40. The molecular formula is C7H13NO4. The van der Waals surface area contributed by atoms with E-state index in [1.807, 2.05) is 0 Å². The topological polar surface area (TPSA) is 86.6 Å². The van der Waals surface area contributed by atoms with Crippen LogP contribution in [0.25, 0.3) is 0 Å². The van der Waals surface area contributed by atoms with Crippen LogP contribution < -0.4 is 5.32 Å². The van der Waals surface area contributed by atoms with Crippen LogP contribution in [0.1, 0.15) is 25.7 Å². The average Bonchev–Trinajstić information content (AvgIpc) is 2.14. The molecule has 5 nitrogen and oxygen atoms in total. The molecule has 70 valence electrons. The summed E-state index contributed by atoms with van der Waals surface area (Å²) in [6.45, 7) is 0.888. The molecule has 1 saturated heterocycles. The molecule has 0 saturated carbocycles. The highest BCUT2D eigenvalue weighted by Crippen LogP contribution is 2.02. The predicted molar refractivity (Wildman–Crippen MR) is 42.1 cm³/mol. The number of carbonyl (C=O) groups excluding carboxylic acids is 1. The monoisotopic (exact) mass is 175 g/mol. The second kappa shape index (κ2) is 6.45.